The quantitative estimate of drug-likeness (QED) is 0.673. The van der Waals surface area contributed by atoms with Crippen molar-refractivity contribution in [3.05, 3.63) is 88.6 Å². The first-order valence-electron chi connectivity index (χ1n) is 9.93. The third-order valence-corrected chi connectivity index (χ3v) is 5.08. The smallest absolute Gasteiger partial charge is 0.257 e. The van der Waals surface area contributed by atoms with E-state index in [1.165, 1.54) is 11.1 Å². The first-order valence-corrected chi connectivity index (χ1v) is 9.93. The number of nitrogens with one attached hydrogen (secondary N) is 2. The number of carbonyl (C=O) groups excluding carboxylic acids is 1. The van der Waals surface area contributed by atoms with Gasteiger partial charge < -0.3 is 15.5 Å². The van der Waals surface area contributed by atoms with Crippen LogP contribution in [0.1, 0.15) is 32.6 Å². The number of fused-ring (bicyclic) bond motifs is 1. The van der Waals surface area contributed by atoms with Crippen molar-refractivity contribution in [1.29, 1.82) is 0 Å². The number of aromatic nitrogens is 1. The molecule has 2 N–H and O–H groups in total. The van der Waals surface area contributed by atoms with Crippen LogP contribution in [0.15, 0.2) is 60.8 Å². The van der Waals surface area contributed by atoms with Crippen LogP contribution in [0.5, 0.6) is 0 Å². The van der Waals surface area contributed by atoms with Gasteiger partial charge in [-0.2, -0.15) is 0 Å². The zero-order chi connectivity index (χ0) is 20.2. The molecule has 0 atom stereocenters. The molecule has 1 aliphatic heterocycles. The summed E-state index contributed by atoms with van der Waals surface area (Å²) in [6.45, 7) is 1.79. The Labute approximate surface area is 171 Å². The Hall–Kier alpha value is -3.18. The maximum atomic E-state index is 12.8. The summed E-state index contributed by atoms with van der Waals surface area (Å²) < 4.78 is 0. The summed E-state index contributed by atoms with van der Waals surface area (Å²) in [7, 11) is 4.14. The highest BCUT2D eigenvalue weighted by atomic mass is 16.1. The van der Waals surface area contributed by atoms with Crippen LogP contribution in [0.3, 0.4) is 0 Å². The molecule has 1 aromatic heterocycles. The fourth-order valence-corrected chi connectivity index (χ4v) is 3.83. The molecule has 148 valence electrons. The lowest BCUT2D eigenvalue weighted by Gasteiger charge is -2.12. The molecule has 4 rings (SSSR count). The summed E-state index contributed by atoms with van der Waals surface area (Å²) >= 11 is 0. The minimum Gasteiger partial charge on any atom is -0.384 e. The third kappa shape index (κ3) is 4.63. The molecule has 3 aromatic rings. The van der Waals surface area contributed by atoms with E-state index in [9.17, 15) is 4.79 Å². The van der Waals surface area contributed by atoms with E-state index in [0.29, 0.717) is 5.82 Å². The Bertz CT molecular complexity index is 1030. The van der Waals surface area contributed by atoms with Gasteiger partial charge in [-0.3, -0.25) is 4.79 Å². The molecule has 0 spiro atoms. The molecular formula is C24H26N4O. The maximum absolute atomic E-state index is 12.8. The van der Waals surface area contributed by atoms with Crippen LogP contribution in [0.2, 0.25) is 0 Å². The molecule has 0 saturated heterocycles. The molecule has 0 unspecified atom stereocenters. The summed E-state index contributed by atoms with van der Waals surface area (Å²) in [5.41, 5.74) is 6.52. The van der Waals surface area contributed by atoms with Gasteiger partial charge in [0.1, 0.15) is 5.82 Å². The summed E-state index contributed by atoms with van der Waals surface area (Å²) in [5, 5.41) is 6.28. The van der Waals surface area contributed by atoms with Crippen LogP contribution in [-0.2, 0) is 19.4 Å². The summed E-state index contributed by atoms with van der Waals surface area (Å²) in [6, 6.07) is 18.4. The van der Waals surface area contributed by atoms with E-state index in [2.05, 4.69) is 58.9 Å². The molecule has 0 fully saturated rings. The van der Waals surface area contributed by atoms with E-state index >= 15 is 0 Å². The molecule has 29 heavy (non-hydrogen) atoms. The van der Waals surface area contributed by atoms with Gasteiger partial charge in [0.05, 0.1) is 0 Å². The second kappa shape index (κ2) is 8.45. The van der Waals surface area contributed by atoms with Crippen molar-refractivity contribution < 1.29 is 4.79 Å². The standard InChI is InChI=1S/C24H26N4O/c1-28(2)16-19-6-3-5-17(14-19)13-18-9-11-26-23(15-18)27-24(29)21-7-4-8-22-20(21)10-12-25-22/h3-9,11,14-15,25H,10,12-13,16H2,1-2H3,(H,26,27,29). The largest absolute Gasteiger partial charge is 0.384 e. The van der Waals surface area contributed by atoms with Crippen LogP contribution in [0, 0.1) is 0 Å². The van der Waals surface area contributed by atoms with Gasteiger partial charge in [-0.1, -0.05) is 30.3 Å². The van der Waals surface area contributed by atoms with Crippen molar-refractivity contribution in [3.63, 3.8) is 0 Å². The lowest BCUT2D eigenvalue weighted by atomic mass is 10.0. The Morgan fingerprint density at radius 1 is 1.07 bits per heavy atom. The van der Waals surface area contributed by atoms with Crippen molar-refractivity contribution in [2.24, 2.45) is 0 Å². The maximum Gasteiger partial charge on any atom is 0.257 e. The highest BCUT2D eigenvalue weighted by Crippen LogP contribution is 2.26. The number of hydrogen-bond acceptors (Lipinski definition) is 4. The third-order valence-electron chi connectivity index (χ3n) is 5.08. The average molecular weight is 386 g/mol. The highest BCUT2D eigenvalue weighted by Gasteiger charge is 2.18. The molecule has 0 aliphatic carbocycles. The highest BCUT2D eigenvalue weighted by molar-refractivity contribution is 6.06. The van der Waals surface area contributed by atoms with Crippen LogP contribution in [0.25, 0.3) is 0 Å². The molecule has 0 radical (unpaired) electrons. The monoisotopic (exact) mass is 386 g/mol. The van der Waals surface area contributed by atoms with Crippen molar-refractivity contribution in [2.75, 3.05) is 31.3 Å². The molecule has 1 amide bonds. The molecule has 2 aromatic carbocycles. The van der Waals surface area contributed by atoms with E-state index in [1.54, 1.807) is 6.20 Å². The number of rotatable bonds is 6. The van der Waals surface area contributed by atoms with E-state index in [1.807, 2.05) is 30.3 Å². The Morgan fingerprint density at radius 3 is 2.72 bits per heavy atom. The molecule has 5 nitrogen and oxygen atoms in total. The predicted octanol–water partition coefficient (Wildman–Crippen LogP) is 3.95. The van der Waals surface area contributed by atoms with Crippen LogP contribution < -0.4 is 10.6 Å². The van der Waals surface area contributed by atoms with Gasteiger partial charge >= 0.3 is 0 Å². The van der Waals surface area contributed by atoms with Gasteiger partial charge in [-0.05, 0) is 73.5 Å². The van der Waals surface area contributed by atoms with Crippen molar-refractivity contribution in [1.82, 2.24) is 9.88 Å². The van der Waals surface area contributed by atoms with Crippen LogP contribution in [-0.4, -0.2) is 36.4 Å². The molecule has 0 bridgehead atoms. The van der Waals surface area contributed by atoms with Crippen molar-refractivity contribution >= 4 is 17.4 Å². The summed E-state index contributed by atoms with van der Waals surface area (Å²) in [6.07, 6.45) is 3.43. The lowest BCUT2D eigenvalue weighted by molar-refractivity contribution is 0.102. The van der Waals surface area contributed by atoms with E-state index in [4.69, 9.17) is 0 Å². The van der Waals surface area contributed by atoms with Crippen molar-refractivity contribution in [3.8, 4) is 0 Å². The van der Waals surface area contributed by atoms with Gasteiger partial charge in [-0.25, -0.2) is 4.98 Å². The van der Waals surface area contributed by atoms with Crippen LogP contribution >= 0.6 is 0 Å². The SMILES string of the molecule is CN(C)Cc1cccc(Cc2ccnc(NC(=O)c3cccc4c3CCN4)c2)c1. The normalized spacial score (nSPS) is 12.5. The van der Waals surface area contributed by atoms with Crippen LogP contribution in [0.4, 0.5) is 11.5 Å². The Morgan fingerprint density at radius 2 is 1.86 bits per heavy atom. The van der Waals surface area contributed by atoms with Gasteiger partial charge in [0, 0.05) is 30.5 Å². The van der Waals surface area contributed by atoms with Crippen molar-refractivity contribution in [2.45, 2.75) is 19.4 Å². The Kier molecular flexibility index (Phi) is 5.58. The summed E-state index contributed by atoms with van der Waals surface area (Å²) in [5.74, 6) is 0.476. The number of amides is 1. The molecular weight excluding hydrogens is 360 g/mol. The minimum atomic E-state index is -0.108. The molecule has 0 saturated carbocycles. The molecule has 2 heterocycles. The average Bonchev–Trinajstić information content (AvgIpc) is 3.17. The zero-order valence-corrected chi connectivity index (χ0v) is 16.9. The topological polar surface area (TPSA) is 57.3 Å². The van der Waals surface area contributed by atoms with Gasteiger partial charge in [-0.15, -0.1) is 0 Å². The summed E-state index contributed by atoms with van der Waals surface area (Å²) in [4.78, 5) is 19.3. The Balaban J connectivity index is 1.48. The second-order valence-electron chi connectivity index (χ2n) is 7.75. The van der Waals surface area contributed by atoms with E-state index < -0.39 is 0 Å². The first-order chi connectivity index (χ1) is 14.1. The van der Waals surface area contributed by atoms with Gasteiger partial charge in [0.2, 0.25) is 0 Å². The van der Waals surface area contributed by atoms with E-state index in [-0.39, 0.29) is 5.91 Å². The van der Waals surface area contributed by atoms with Gasteiger partial charge in [0.25, 0.3) is 5.91 Å². The second-order valence-corrected chi connectivity index (χ2v) is 7.75. The van der Waals surface area contributed by atoms with E-state index in [0.717, 1.165) is 48.3 Å². The number of nitrogens with zero attached hydrogens (tertiary/aromatic N) is 2. The van der Waals surface area contributed by atoms with Gasteiger partial charge in [0.15, 0.2) is 0 Å². The number of benzene rings is 2. The number of hydrogen-bond donors (Lipinski definition) is 2. The lowest BCUT2D eigenvalue weighted by Crippen LogP contribution is -2.15. The number of pyridine rings is 1. The molecule has 1 aliphatic rings. The first kappa shape index (κ1) is 19.2. The minimum absolute atomic E-state index is 0.108. The number of carbonyl (C=O) groups is 1. The predicted molar refractivity (Wildman–Crippen MR) is 117 cm³/mol. The molecule has 5 heteroatoms. The zero-order valence-electron chi connectivity index (χ0n) is 16.9. The number of anilines is 2. The fourth-order valence-electron chi connectivity index (χ4n) is 3.83. The fraction of sp³-hybridized carbons (Fsp3) is 0.250.